The highest BCUT2D eigenvalue weighted by atomic mass is 32.2. The predicted molar refractivity (Wildman–Crippen MR) is 60.1 cm³/mol. The number of carbonyl (C=O) groups is 1. The van der Waals surface area contributed by atoms with Crippen LogP contribution in [0.2, 0.25) is 0 Å². The zero-order valence-electron chi connectivity index (χ0n) is 8.80. The monoisotopic (exact) mass is 241 g/mol. The predicted octanol–water partition coefficient (Wildman–Crippen LogP) is 2.52. The number of cyclic esters (lactones) is 1. The number of carbonyl (C=O) groups excluding carboxylic acids is 1. The second-order valence-corrected chi connectivity index (χ2v) is 4.74. The van der Waals surface area contributed by atoms with Gasteiger partial charge >= 0.3 is 6.09 Å². The molecule has 2 rings (SSSR count). The number of ether oxygens (including phenoxy) is 1. The topological polar surface area (TPSA) is 29.5 Å². The largest absolute Gasteiger partial charge is 0.440 e. The Morgan fingerprint density at radius 3 is 2.75 bits per heavy atom. The van der Waals surface area contributed by atoms with Crippen LogP contribution in [0.15, 0.2) is 35.2 Å². The van der Waals surface area contributed by atoms with E-state index in [1.807, 2.05) is 30.3 Å². The summed E-state index contributed by atoms with van der Waals surface area (Å²) in [5, 5.41) is 0. The van der Waals surface area contributed by atoms with Crippen molar-refractivity contribution < 1.29 is 13.9 Å². The van der Waals surface area contributed by atoms with E-state index < -0.39 is 17.7 Å². The van der Waals surface area contributed by atoms with Crippen LogP contribution in [0.1, 0.15) is 0 Å². The molecule has 1 saturated heterocycles. The first-order valence-corrected chi connectivity index (χ1v) is 5.82. The summed E-state index contributed by atoms with van der Waals surface area (Å²) in [6.07, 6.45) is -1.14. The standard InChI is InChI=1S/C11H12FNO2S/c1-13-7-9(15-11(13)14)10(12)16-8-5-3-2-4-6-8/h2-6,9-10H,7H2,1H3. The third-order valence-electron chi connectivity index (χ3n) is 2.30. The summed E-state index contributed by atoms with van der Waals surface area (Å²) >= 11 is 1.07. The lowest BCUT2D eigenvalue weighted by Gasteiger charge is -2.13. The van der Waals surface area contributed by atoms with Gasteiger partial charge in [0.1, 0.15) is 0 Å². The molecule has 1 aromatic carbocycles. The van der Waals surface area contributed by atoms with Gasteiger partial charge in [-0.05, 0) is 12.1 Å². The molecule has 16 heavy (non-hydrogen) atoms. The van der Waals surface area contributed by atoms with E-state index in [1.54, 1.807) is 7.05 Å². The van der Waals surface area contributed by atoms with Crippen LogP contribution in [0.25, 0.3) is 0 Å². The zero-order chi connectivity index (χ0) is 11.5. The van der Waals surface area contributed by atoms with Gasteiger partial charge in [-0.1, -0.05) is 30.0 Å². The van der Waals surface area contributed by atoms with Gasteiger partial charge in [-0.3, -0.25) is 0 Å². The molecule has 1 aliphatic rings. The molecule has 0 N–H and O–H groups in total. The van der Waals surface area contributed by atoms with Crippen LogP contribution in [-0.2, 0) is 4.74 Å². The van der Waals surface area contributed by atoms with Gasteiger partial charge in [0.2, 0.25) is 0 Å². The molecule has 0 aromatic heterocycles. The first kappa shape index (κ1) is 11.3. The molecule has 2 atom stereocenters. The number of nitrogens with zero attached hydrogens (tertiary/aromatic N) is 1. The van der Waals surface area contributed by atoms with Gasteiger partial charge in [-0.15, -0.1) is 0 Å². The van der Waals surface area contributed by atoms with E-state index in [0.29, 0.717) is 6.54 Å². The summed E-state index contributed by atoms with van der Waals surface area (Å²) in [5.74, 6) is 0. The first-order chi connectivity index (χ1) is 7.66. The van der Waals surface area contributed by atoms with Gasteiger partial charge in [-0.25, -0.2) is 9.18 Å². The fraction of sp³-hybridized carbons (Fsp3) is 0.364. The number of likely N-dealkylation sites (N-methyl/N-ethyl adjacent to an activating group) is 1. The van der Waals surface area contributed by atoms with E-state index in [1.165, 1.54) is 4.90 Å². The lowest BCUT2D eigenvalue weighted by atomic mass is 10.4. The Hall–Kier alpha value is -1.23. The minimum absolute atomic E-state index is 0.305. The maximum Gasteiger partial charge on any atom is 0.410 e. The van der Waals surface area contributed by atoms with E-state index in [2.05, 4.69) is 0 Å². The van der Waals surface area contributed by atoms with Crippen LogP contribution in [0.3, 0.4) is 0 Å². The molecule has 0 spiro atoms. The number of amides is 1. The average molecular weight is 241 g/mol. The van der Waals surface area contributed by atoms with Crippen LogP contribution < -0.4 is 0 Å². The van der Waals surface area contributed by atoms with Crippen molar-refractivity contribution in [1.82, 2.24) is 4.90 Å². The van der Waals surface area contributed by atoms with E-state index in [4.69, 9.17) is 4.74 Å². The minimum atomic E-state index is -1.23. The van der Waals surface area contributed by atoms with Crippen LogP contribution in [0, 0.1) is 0 Å². The van der Waals surface area contributed by atoms with Crippen molar-refractivity contribution in [1.29, 1.82) is 0 Å². The van der Waals surface area contributed by atoms with Crippen molar-refractivity contribution in [2.45, 2.75) is 16.5 Å². The fourth-order valence-corrected chi connectivity index (χ4v) is 2.31. The molecule has 0 bridgehead atoms. The molecule has 1 amide bonds. The zero-order valence-corrected chi connectivity index (χ0v) is 9.61. The van der Waals surface area contributed by atoms with Crippen molar-refractivity contribution >= 4 is 17.9 Å². The van der Waals surface area contributed by atoms with Gasteiger partial charge in [0.15, 0.2) is 11.6 Å². The molecule has 1 aromatic rings. The Balaban J connectivity index is 1.94. The van der Waals surface area contributed by atoms with E-state index in [9.17, 15) is 9.18 Å². The number of benzene rings is 1. The van der Waals surface area contributed by atoms with Crippen molar-refractivity contribution in [2.24, 2.45) is 0 Å². The molecule has 5 heteroatoms. The number of halogens is 1. The van der Waals surface area contributed by atoms with E-state index in [-0.39, 0.29) is 0 Å². The molecule has 1 aliphatic heterocycles. The summed E-state index contributed by atoms with van der Waals surface area (Å²) in [6.45, 7) is 0.305. The van der Waals surface area contributed by atoms with Gasteiger partial charge < -0.3 is 9.64 Å². The maximum atomic E-state index is 13.8. The third kappa shape index (κ3) is 2.47. The molecule has 1 heterocycles. The van der Waals surface area contributed by atoms with Crippen LogP contribution in [0.5, 0.6) is 0 Å². The molecule has 1 fully saturated rings. The lowest BCUT2D eigenvalue weighted by Crippen LogP contribution is -2.24. The Morgan fingerprint density at radius 2 is 2.19 bits per heavy atom. The van der Waals surface area contributed by atoms with Crippen molar-refractivity contribution in [3.05, 3.63) is 30.3 Å². The SMILES string of the molecule is CN1CC(C(F)Sc2ccccc2)OC1=O. The van der Waals surface area contributed by atoms with Crippen molar-refractivity contribution in [3.8, 4) is 0 Å². The lowest BCUT2D eigenvalue weighted by molar-refractivity contribution is 0.112. The Morgan fingerprint density at radius 1 is 1.50 bits per heavy atom. The Labute approximate surface area is 97.6 Å². The first-order valence-electron chi connectivity index (χ1n) is 4.94. The molecular weight excluding hydrogens is 229 g/mol. The third-order valence-corrected chi connectivity index (χ3v) is 3.37. The number of rotatable bonds is 3. The number of hydrogen-bond acceptors (Lipinski definition) is 3. The van der Waals surface area contributed by atoms with E-state index in [0.717, 1.165) is 16.7 Å². The molecule has 86 valence electrons. The number of hydrogen-bond donors (Lipinski definition) is 0. The quantitative estimate of drug-likeness (QED) is 0.762. The summed E-state index contributed by atoms with van der Waals surface area (Å²) in [6, 6.07) is 9.24. The Bertz CT molecular complexity index is 374. The molecule has 3 nitrogen and oxygen atoms in total. The van der Waals surface area contributed by atoms with Crippen molar-refractivity contribution in [2.75, 3.05) is 13.6 Å². The highest BCUT2D eigenvalue weighted by Gasteiger charge is 2.35. The molecule has 0 saturated carbocycles. The van der Waals surface area contributed by atoms with Gasteiger partial charge in [0.25, 0.3) is 0 Å². The molecule has 0 aliphatic carbocycles. The van der Waals surface area contributed by atoms with Gasteiger partial charge in [0, 0.05) is 11.9 Å². The second-order valence-electron chi connectivity index (χ2n) is 3.58. The van der Waals surface area contributed by atoms with Crippen LogP contribution in [-0.4, -0.2) is 36.2 Å². The fourth-order valence-electron chi connectivity index (χ4n) is 1.44. The normalized spacial score (nSPS) is 22.0. The number of thioether (sulfide) groups is 1. The maximum absolute atomic E-state index is 13.8. The summed E-state index contributed by atoms with van der Waals surface area (Å²) in [5.41, 5.74) is -1.23. The summed E-state index contributed by atoms with van der Waals surface area (Å²) in [4.78, 5) is 13.3. The molecular formula is C11H12FNO2S. The summed E-state index contributed by atoms with van der Waals surface area (Å²) in [7, 11) is 1.60. The summed E-state index contributed by atoms with van der Waals surface area (Å²) < 4.78 is 18.7. The minimum Gasteiger partial charge on any atom is -0.440 e. The highest BCUT2D eigenvalue weighted by molar-refractivity contribution is 7.99. The van der Waals surface area contributed by atoms with Gasteiger partial charge in [0.05, 0.1) is 6.54 Å². The van der Waals surface area contributed by atoms with E-state index >= 15 is 0 Å². The van der Waals surface area contributed by atoms with Crippen molar-refractivity contribution in [3.63, 3.8) is 0 Å². The Kier molecular flexibility index (Phi) is 3.33. The smallest absolute Gasteiger partial charge is 0.410 e. The average Bonchev–Trinajstić information content (AvgIpc) is 2.61. The highest BCUT2D eigenvalue weighted by Crippen LogP contribution is 2.29. The van der Waals surface area contributed by atoms with Crippen LogP contribution in [0.4, 0.5) is 9.18 Å². The molecule has 2 unspecified atom stereocenters. The second kappa shape index (κ2) is 4.74. The van der Waals surface area contributed by atoms with Gasteiger partial charge in [-0.2, -0.15) is 0 Å². The van der Waals surface area contributed by atoms with Crippen LogP contribution >= 0.6 is 11.8 Å². The molecule has 0 radical (unpaired) electrons. The number of alkyl halides is 1.